The Balaban J connectivity index is 2.39. The minimum absolute atomic E-state index is 0.0255. The van der Waals surface area contributed by atoms with Gasteiger partial charge in [-0.2, -0.15) is 0 Å². The first-order valence-corrected chi connectivity index (χ1v) is 5.50. The summed E-state index contributed by atoms with van der Waals surface area (Å²) in [6.07, 6.45) is 1.95. The minimum Gasteiger partial charge on any atom is -0.396 e. The Hall–Kier alpha value is -0.610. The molecule has 0 aromatic heterocycles. The number of piperidine rings is 1. The summed E-state index contributed by atoms with van der Waals surface area (Å²) in [4.78, 5) is 15.8. The highest BCUT2D eigenvalue weighted by Crippen LogP contribution is 2.34. The molecule has 1 aliphatic rings. The van der Waals surface area contributed by atoms with Crippen molar-refractivity contribution >= 4 is 5.97 Å². The predicted octanol–water partition coefficient (Wildman–Crippen LogP) is 1.20. The maximum Gasteiger partial charge on any atom is 0.322 e. The van der Waals surface area contributed by atoms with Crippen molar-refractivity contribution in [3.8, 4) is 0 Å². The van der Waals surface area contributed by atoms with Gasteiger partial charge in [-0.05, 0) is 24.2 Å². The second kappa shape index (κ2) is 4.94. The van der Waals surface area contributed by atoms with Crippen molar-refractivity contribution in [2.75, 3.05) is 19.7 Å². The van der Waals surface area contributed by atoms with Crippen LogP contribution in [0.3, 0.4) is 0 Å². The van der Waals surface area contributed by atoms with Gasteiger partial charge in [-0.25, -0.2) is 0 Å². The average molecular weight is 215 g/mol. The van der Waals surface area contributed by atoms with Crippen LogP contribution in [0.15, 0.2) is 0 Å². The SMILES string of the molecule is CC(=O)ON1CCC(C(C)(C)CO)CC1. The minimum atomic E-state index is -0.255. The van der Waals surface area contributed by atoms with E-state index in [4.69, 9.17) is 4.84 Å². The highest BCUT2D eigenvalue weighted by molar-refractivity contribution is 5.65. The van der Waals surface area contributed by atoms with Gasteiger partial charge in [0.25, 0.3) is 0 Å². The van der Waals surface area contributed by atoms with Crippen molar-refractivity contribution in [3.05, 3.63) is 0 Å². The van der Waals surface area contributed by atoms with Crippen molar-refractivity contribution in [2.24, 2.45) is 11.3 Å². The first-order valence-electron chi connectivity index (χ1n) is 5.50. The molecule has 1 rings (SSSR count). The maximum absolute atomic E-state index is 10.7. The number of hydroxylamine groups is 2. The summed E-state index contributed by atoms with van der Waals surface area (Å²) < 4.78 is 0. The van der Waals surface area contributed by atoms with E-state index in [9.17, 15) is 9.90 Å². The Kier molecular flexibility index (Phi) is 4.11. The number of hydrogen-bond acceptors (Lipinski definition) is 4. The number of carbonyl (C=O) groups is 1. The van der Waals surface area contributed by atoms with Crippen LogP contribution in [0.5, 0.6) is 0 Å². The lowest BCUT2D eigenvalue weighted by Crippen LogP contribution is -2.40. The Morgan fingerprint density at radius 2 is 2.00 bits per heavy atom. The molecule has 0 aromatic rings. The average Bonchev–Trinajstić information content (AvgIpc) is 2.18. The Bertz CT molecular complexity index is 220. The molecule has 0 aromatic carbocycles. The van der Waals surface area contributed by atoms with Gasteiger partial charge in [0.05, 0.1) is 0 Å². The van der Waals surface area contributed by atoms with E-state index in [0.29, 0.717) is 5.92 Å². The molecule has 0 spiro atoms. The molecule has 0 aliphatic carbocycles. The molecular formula is C11H21NO3. The van der Waals surface area contributed by atoms with Gasteiger partial charge in [0.15, 0.2) is 0 Å². The molecule has 4 nitrogen and oxygen atoms in total. The Morgan fingerprint density at radius 3 is 2.40 bits per heavy atom. The van der Waals surface area contributed by atoms with Crippen LogP contribution >= 0.6 is 0 Å². The van der Waals surface area contributed by atoms with Crippen molar-refractivity contribution in [1.82, 2.24) is 5.06 Å². The summed E-state index contributed by atoms with van der Waals surface area (Å²) >= 11 is 0. The van der Waals surface area contributed by atoms with Gasteiger partial charge in [-0.15, -0.1) is 5.06 Å². The van der Waals surface area contributed by atoms with Crippen molar-refractivity contribution in [3.63, 3.8) is 0 Å². The molecule has 1 fully saturated rings. The standard InChI is InChI=1S/C11H21NO3/c1-9(14)15-12-6-4-10(5-7-12)11(2,3)8-13/h10,13H,4-8H2,1-3H3. The molecule has 0 unspecified atom stereocenters. The van der Waals surface area contributed by atoms with Crippen molar-refractivity contribution < 1.29 is 14.7 Å². The van der Waals surface area contributed by atoms with Gasteiger partial charge in [0.2, 0.25) is 0 Å². The highest BCUT2D eigenvalue weighted by atomic mass is 16.7. The van der Waals surface area contributed by atoms with E-state index in [1.807, 2.05) is 0 Å². The normalized spacial score (nSPS) is 20.3. The third kappa shape index (κ3) is 3.47. The fraction of sp³-hybridized carbons (Fsp3) is 0.909. The number of carbonyl (C=O) groups excluding carboxylic acids is 1. The van der Waals surface area contributed by atoms with Gasteiger partial charge in [-0.1, -0.05) is 13.8 Å². The van der Waals surface area contributed by atoms with Gasteiger partial charge >= 0.3 is 5.97 Å². The second-order valence-corrected chi connectivity index (χ2v) is 4.93. The van der Waals surface area contributed by atoms with Crippen LogP contribution in [-0.4, -0.2) is 35.8 Å². The zero-order chi connectivity index (χ0) is 11.5. The summed E-state index contributed by atoms with van der Waals surface area (Å²) in [5.74, 6) is 0.254. The van der Waals surface area contributed by atoms with Crippen LogP contribution < -0.4 is 0 Å². The topological polar surface area (TPSA) is 49.8 Å². The van der Waals surface area contributed by atoms with E-state index in [-0.39, 0.29) is 18.0 Å². The van der Waals surface area contributed by atoms with E-state index in [0.717, 1.165) is 25.9 Å². The molecule has 0 saturated carbocycles. The molecule has 15 heavy (non-hydrogen) atoms. The van der Waals surface area contributed by atoms with E-state index < -0.39 is 0 Å². The van der Waals surface area contributed by atoms with E-state index in [1.165, 1.54) is 6.92 Å². The largest absolute Gasteiger partial charge is 0.396 e. The second-order valence-electron chi connectivity index (χ2n) is 4.93. The number of aliphatic hydroxyl groups excluding tert-OH is 1. The molecule has 0 amide bonds. The molecule has 88 valence electrons. The fourth-order valence-electron chi connectivity index (χ4n) is 2.04. The molecule has 0 radical (unpaired) electrons. The molecule has 4 heteroatoms. The number of nitrogens with zero attached hydrogens (tertiary/aromatic N) is 1. The van der Waals surface area contributed by atoms with Crippen LogP contribution in [0.1, 0.15) is 33.6 Å². The summed E-state index contributed by atoms with van der Waals surface area (Å²) in [6.45, 7) is 7.34. The smallest absolute Gasteiger partial charge is 0.322 e. The maximum atomic E-state index is 10.7. The zero-order valence-electron chi connectivity index (χ0n) is 9.82. The Morgan fingerprint density at radius 1 is 1.47 bits per heavy atom. The van der Waals surface area contributed by atoms with Crippen LogP contribution in [-0.2, 0) is 9.63 Å². The predicted molar refractivity (Wildman–Crippen MR) is 56.9 cm³/mol. The van der Waals surface area contributed by atoms with Gasteiger partial charge in [-0.3, -0.25) is 4.79 Å². The van der Waals surface area contributed by atoms with Crippen LogP contribution in [0.2, 0.25) is 0 Å². The lowest BCUT2D eigenvalue weighted by Gasteiger charge is -2.38. The summed E-state index contributed by atoms with van der Waals surface area (Å²) in [5, 5.41) is 11.0. The van der Waals surface area contributed by atoms with E-state index >= 15 is 0 Å². The lowest BCUT2D eigenvalue weighted by molar-refractivity contribution is -0.196. The molecule has 1 N–H and O–H groups in total. The first-order chi connectivity index (χ1) is 6.95. The summed E-state index contributed by atoms with van der Waals surface area (Å²) in [5.41, 5.74) is -0.0255. The van der Waals surface area contributed by atoms with Crippen molar-refractivity contribution in [2.45, 2.75) is 33.6 Å². The van der Waals surface area contributed by atoms with Gasteiger partial charge in [0.1, 0.15) is 0 Å². The van der Waals surface area contributed by atoms with E-state index in [1.54, 1.807) is 5.06 Å². The van der Waals surface area contributed by atoms with Crippen LogP contribution in [0.25, 0.3) is 0 Å². The molecule has 1 saturated heterocycles. The third-order valence-electron chi connectivity index (χ3n) is 3.22. The number of hydrogen-bond donors (Lipinski definition) is 1. The van der Waals surface area contributed by atoms with E-state index in [2.05, 4.69) is 13.8 Å². The van der Waals surface area contributed by atoms with Gasteiger partial charge in [0, 0.05) is 26.6 Å². The molecule has 0 bridgehead atoms. The monoisotopic (exact) mass is 215 g/mol. The van der Waals surface area contributed by atoms with Crippen LogP contribution in [0, 0.1) is 11.3 Å². The number of aliphatic hydroxyl groups is 1. The quantitative estimate of drug-likeness (QED) is 0.768. The third-order valence-corrected chi connectivity index (χ3v) is 3.22. The highest BCUT2D eigenvalue weighted by Gasteiger charge is 2.32. The van der Waals surface area contributed by atoms with Crippen LogP contribution in [0.4, 0.5) is 0 Å². The molecule has 0 atom stereocenters. The fourth-order valence-corrected chi connectivity index (χ4v) is 2.04. The zero-order valence-corrected chi connectivity index (χ0v) is 9.82. The lowest BCUT2D eigenvalue weighted by atomic mass is 9.74. The first kappa shape index (κ1) is 12.5. The summed E-state index contributed by atoms with van der Waals surface area (Å²) in [7, 11) is 0. The molecular weight excluding hydrogens is 194 g/mol. The van der Waals surface area contributed by atoms with Crippen molar-refractivity contribution in [1.29, 1.82) is 0 Å². The van der Waals surface area contributed by atoms with Gasteiger partial charge < -0.3 is 9.94 Å². The molecule has 1 aliphatic heterocycles. The summed E-state index contributed by atoms with van der Waals surface area (Å²) in [6, 6.07) is 0. The molecule has 1 heterocycles. The Labute approximate surface area is 91.2 Å². The number of rotatable bonds is 3.